The number of rotatable bonds is 12. The molecule has 0 spiro atoms. The quantitative estimate of drug-likeness (QED) is 0.282. The van der Waals surface area contributed by atoms with Gasteiger partial charge in [0.1, 0.15) is 0 Å². The molecule has 0 aromatic heterocycles. The zero-order valence-corrected chi connectivity index (χ0v) is 19.2. The Morgan fingerprint density at radius 1 is 0.727 bits per heavy atom. The monoisotopic (exact) mass is 416 g/mol. The van der Waals surface area contributed by atoms with Crippen LogP contribution in [0.15, 0.2) is 0 Å². The van der Waals surface area contributed by atoms with Gasteiger partial charge in [0.25, 0.3) is 0 Å². The second-order valence-electron chi connectivity index (χ2n) is 8.44. The van der Waals surface area contributed by atoms with Gasteiger partial charge in [-0.15, -0.1) is 0 Å². The van der Waals surface area contributed by atoms with Gasteiger partial charge in [-0.25, -0.2) is 0 Å². The number of hydrogen-bond acceptors (Lipinski definition) is 0. The molecular weight excluding hydrogens is 371 g/mol. The molecular formula is C21H44Sn. The molecule has 1 heteroatoms. The van der Waals surface area contributed by atoms with Crippen molar-refractivity contribution >= 4 is 18.4 Å². The zero-order valence-electron chi connectivity index (χ0n) is 16.3. The maximum atomic E-state index is 2.41. The van der Waals surface area contributed by atoms with Gasteiger partial charge in [0.15, 0.2) is 0 Å². The van der Waals surface area contributed by atoms with Crippen LogP contribution in [0.3, 0.4) is 0 Å². The summed E-state index contributed by atoms with van der Waals surface area (Å²) in [4.78, 5) is 0. The van der Waals surface area contributed by atoms with Crippen LogP contribution in [0.1, 0.15) is 105 Å². The summed E-state index contributed by atoms with van der Waals surface area (Å²) in [5, 5.41) is 0. The van der Waals surface area contributed by atoms with Gasteiger partial charge in [-0.05, 0) is 0 Å². The Labute approximate surface area is 146 Å². The third-order valence-electron chi connectivity index (χ3n) is 6.41. The molecule has 0 atom stereocenters. The fourth-order valence-electron chi connectivity index (χ4n) is 5.12. The van der Waals surface area contributed by atoms with E-state index in [1.807, 2.05) is 0 Å². The molecule has 22 heavy (non-hydrogen) atoms. The molecule has 0 radical (unpaired) electrons. The van der Waals surface area contributed by atoms with Crippen LogP contribution < -0.4 is 0 Å². The summed E-state index contributed by atoms with van der Waals surface area (Å²) in [6.07, 6.45) is 18.1. The third-order valence-corrected chi connectivity index (χ3v) is 22.8. The number of hydrogen-bond donors (Lipinski definition) is 0. The summed E-state index contributed by atoms with van der Waals surface area (Å²) in [5.41, 5.74) is 0.807. The van der Waals surface area contributed by atoms with E-state index in [2.05, 4.69) is 27.7 Å². The predicted octanol–water partition coefficient (Wildman–Crippen LogP) is 8.20. The molecule has 0 unspecified atom stereocenters. The molecule has 1 rings (SSSR count). The Kier molecular flexibility index (Phi) is 10.8. The first kappa shape index (κ1) is 20.8. The van der Waals surface area contributed by atoms with Crippen molar-refractivity contribution in [2.45, 2.75) is 122 Å². The molecule has 1 fully saturated rings. The van der Waals surface area contributed by atoms with Crippen LogP contribution in [0, 0.1) is 5.41 Å². The van der Waals surface area contributed by atoms with E-state index in [1.54, 1.807) is 56.3 Å². The molecule has 1 saturated heterocycles. The molecule has 0 aliphatic carbocycles. The van der Waals surface area contributed by atoms with Crippen LogP contribution in [0.5, 0.6) is 0 Å². The Hall–Kier alpha value is 0.799. The fraction of sp³-hybridized carbons (Fsp3) is 1.00. The average molecular weight is 415 g/mol. The van der Waals surface area contributed by atoms with E-state index in [-0.39, 0.29) is 0 Å². The molecule has 1 aliphatic rings. The number of unbranched alkanes of at least 4 members (excludes halogenated alkanes) is 4. The van der Waals surface area contributed by atoms with Crippen molar-refractivity contribution in [1.82, 2.24) is 0 Å². The van der Waals surface area contributed by atoms with E-state index >= 15 is 0 Å². The van der Waals surface area contributed by atoms with Gasteiger partial charge in [0.2, 0.25) is 0 Å². The summed E-state index contributed by atoms with van der Waals surface area (Å²) in [5.74, 6) is 0. The van der Waals surface area contributed by atoms with E-state index in [1.165, 1.54) is 38.5 Å². The van der Waals surface area contributed by atoms with Crippen molar-refractivity contribution < 1.29 is 0 Å². The van der Waals surface area contributed by atoms with Crippen LogP contribution in [-0.4, -0.2) is 18.4 Å². The van der Waals surface area contributed by atoms with Crippen LogP contribution >= 0.6 is 0 Å². The summed E-state index contributed by atoms with van der Waals surface area (Å²) in [6.45, 7) is 9.59. The van der Waals surface area contributed by atoms with Gasteiger partial charge >= 0.3 is 146 Å². The predicted molar refractivity (Wildman–Crippen MR) is 106 cm³/mol. The summed E-state index contributed by atoms with van der Waals surface area (Å²) < 4.78 is 6.98. The molecule has 0 aromatic rings. The van der Waals surface area contributed by atoms with Gasteiger partial charge < -0.3 is 0 Å². The topological polar surface area (TPSA) is 0 Å². The summed E-state index contributed by atoms with van der Waals surface area (Å²) in [6, 6.07) is 0. The SMILES string of the molecule is CCCCC1(CCCC)CC[CH2][Sn]([CH2]CCC)([CH2]CCC)[CH2]1. The molecule has 0 N–H and O–H groups in total. The van der Waals surface area contributed by atoms with Gasteiger partial charge in [-0.3, -0.25) is 0 Å². The van der Waals surface area contributed by atoms with Gasteiger partial charge in [-0.1, -0.05) is 0 Å². The first-order valence-corrected chi connectivity index (χ1v) is 18.7. The molecule has 0 aromatic carbocycles. The molecule has 0 amide bonds. The summed E-state index contributed by atoms with van der Waals surface area (Å²) in [7, 11) is 0. The first-order valence-electron chi connectivity index (χ1n) is 10.7. The van der Waals surface area contributed by atoms with Crippen molar-refractivity contribution in [2.24, 2.45) is 5.41 Å². The standard InChI is InChI=1S/C13H26.2C4H9.Sn/c1-5-8-11-13(4,10-7-3)12-9-6-2;2*1-3-4-2;/h3-12H2,1-2H3;2*1,3-4H2,2H3;. The Morgan fingerprint density at radius 3 is 1.68 bits per heavy atom. The van der Waals surface area contributed by atoms with Crippen LogP contribution in [0.25, 0.3) is 0 Å². The van der Waals surface area contributed by atoms with Crippen LogP contribution in [0.2, 0.25) is 17.7 Å². The second-order valence-corrected chi connectivity index (χ2v) is 22.3. The second kappa shape index (κ2) is 11.4. The average Bonchev–Trinajstić information content (AvgIpc) is 2.55. The van der Waals surface area contributed by atoms with Crippen LogP contribution in [0.4, 0.5) is 0 Å². The van der Waals surface area contributed by atoms with Crippen molar-refractivity contribution in [2.75, 3.05) is 0 Å². The maximum absolute atomic E-state index is 2.41. The Balaban J connectivity index is 2.82. The molecule has 0 nitrogen and oxygen atoms in total. The molecule has 132 valence electrons. The fourth-order valence-corrected chi connectivity index (χ4v) is 23.8. The minimum absolute atomic E-state index is 0.807. The van der Waals surface area contributed by atoms with Crippen LogP contribution in [-0.2, 0) is 0 Å². The van der Waals surface area contributed by atoms with E-state index in [9.17, 15) is 0 Å². The van der Waals surface area contributed by atoms with Gasteiger partial charge in [0, 0.05) is 0 Å². The van der Waals surface area contributed by atoms with E-state index in [0.717, 1.165) is 5.41 Å². The van der Waals surface area contributed by atoms with Crippen molar-refractivity contribution in [3.63, 3.8) is 0 Å². The normalized spacial score (nSPS) is 20.2. The van der Waals surface area contributed by atoms with E-state index < -0.39 is 18.4 Å². The van der Waals surface area contributed by atoms with Gasteiger partial charge in [-0.2, -0.15) is 0 Å². The minimum atomic E-state index is -1.82. The van der Waals surface area contributed by atoms with E-state index in [4.69, 9.17) is 0 Å². The molecule has 1 aliphatic heterocycles. The third kappa shape index (κ3) is 6.73. The van der Waals surface area contributed by atoms with Gasteiger partial charge in [0.05, 0.1) is 0 Å². The molecule has 0 bridgehead atoms. The van der Waals surface area contributed by atoms with Crippen molar-refractivity contribution in [3.05, 3.63) is 0 Å². The first-order chi connectivity index (χ1) is 10.7. The van der Waals surface area contributed by atoms with Crippen molar-refractivity contribution in [1.29, 1.82) is 0 Å². The Bertz CT molecular complexity index is 229. The molecule has 0 saturated carbocycles. The zero-order chi connectivity index (χ0) is 16.3. The van der Waals surface area contributed by atoms with E-state index in [0.29, 0.717) is 0 Å². The van der Waals surface area contributed by atoms with Crippen molar-refractivity contribution in [3.8, 4) is 0 Å². The molecule has 1 heterocycles. The Morgan fingerprint density at radius 2 is 1.23 bits per heavy atom. The summed E-state index contributed by atoms with van der Waals surface area (Å²) >= 11 is -1.82.